The van der Waals surface area contributed by atoms with Gasteiger partial charge in [-0.25, -0.2) is 4.79 Å². The van der Waals surface area contributed by atoms with Crippen LogP contribution in [0.2, 0.25) is 0 Å². The Morgan fingerprint density at radius 1 is 1.50 bits per heavy atom. The van der Waals surface area contributed by atoms with Crippen molar-refractivity contribution in [3.05, 3.63) is 36.0 Å². The number of esters is 1. The molecule has 0 radical (unpaired) electrons. The third-order valence-electron chi connectivity index (χ3n) is 2.56. The lowest BCUT2D eigenvalue weighted by Crippen LogP contribution is -2.16. The second kappa shape index (κ2) is 4.26. The molecule has 0 amide bonds. The number of carbonyl (C=O) groups is 1. The first kappa shape index (κ1) is 10.5. The molecule has 4 heteroatoms. The number of benzene rings is 1. The minimum Gasteiger partial charge on any atom is -0.465 e. The lowest BCUT2D eigenvalue weighted by Gasteiger charge is -2.18. The summed E-state index contributed by atoms with van der Waals surface area (Å²) in [5.74, 6) is -0.319. The van der Waals surface area contributed by atoms with Crippen LogP contribution in [0.4, 0.5) is 11.4 Å². The summed E-state index contributed by atoms with van der Waals surface area (Å²) in [5, 5.41) is 3.14. The van der Waals surface area contributed by atoms with Crippen LogP contribution < -0.4 is 10.2 Å². The second-order valence-electron chi connectivity index (χ2n) is 3.65. The number of rotatable bonds is 1. The smallest absolute Gasteiger partial charge is 0.337 e. The number of nitrogens with one attached hydrogen (secondary N) is 1. The third-order valence-corrected chi connectivity index (χ3v) is 2.56. The summed E-state index contributed by atoms with van der Waals surface area (Å²) in [4.78, 5) is 13.5. The fraction of sp³-hybridized carbons (Fsp3) is 0.250. The van der Waals surface area contributed by atoms with Crippen molar-refractivity contribution in [3.63, 3.8) is 0 Å². The van der Waals surface area contributed by atoms with Crippen molar-refractivity contribution in [2.75, 3.05) is 30.9 Å². The Morgan fingerprint density at radius 2 is 2.31 bits per heavy atom. The molecule has 0 atom stereocenters. The summed E-state index contributed by atoms with van der Waals surface area (Å²) in [6.07, 6.45) is 3.90. The molecule has 4 nitrogen and oxygen atoms in total. The van der Waals surface area contributed by atoms with Crippen LogP contribution in [0.15, 0.2) is 30.5 Å². The highest BCUT2D eigenvalue weighted by atomic mass is 16.5. The largest absolute Gasteiger partial charge is 0.465 e. The molecule has 0 fully saturated rings. The highest BCUT2D eigenvalue weighted by Gasteiger charge is 2.12. The molecule has 1 aromatic rings. The number of nitrogens with zero attached hydrogens (tertiary/aromatic N) is 1. The first-order valence-electron chi connectivity index (χ1n) is 5.07. The van der Waals surface area contributed by atoms with Crippen molar-refractivity contribution in [2.24, 2.45) is 0 Å². The molecule has 1 aromatic carbocycles. The van der Waals surface area contributed by atoms with Gasteiger partial charge in [-0.05, 0) is 30.5 Å². The normalized spacial score (nSPS) is 13.8. The maximum absolute atomic E-state index is 11.4. The molecular weight excluding hydrogens is 204 g/mol. The Labute approximate surface area is 94.5 Å². The van der Waals surface area contributed by atoms with Gasteiger partial charge in [-0.15, -0.1) is 0 Å². The van der Waals surface area contributed by atoms with Gasteiger partial charge in [0.05, 0.1) is 24.0 Å². The van der Waals surface area contributed by atoms with Crippen molar-refractivity contribution >= 4 is 17.3 Å². The van der Waals surface area contributed by atoms with Crippen molar-refractivity contribution in [1.29, 1.82) is 0 Å². The predicted molar refractivity (Wildman–Crippen MR) is 63.8 cm³/mol. The van der Waals surface area contributed by atoms with Gasteiger partial charge in [0.25, 0.3) is 0 Å². The molecule has 1 heterocycles. The quantitative estimate of drug-likeness (QED) is 0.730. The second-order valence-corrected chi connectivity index (χ2v) is 3.65. The van der Waals surface area contributed by atoms with Gasteiger partial charge in [0.2, 0.25) is 0 Å². The van der Waals surface area contributed by atoms with E-state index in [1.54, 1.807) is 12.1 Å². The number of ether oxygens (including phenoxy) is 1. The lowest BCUT2D eigenvalue weighted by atomic mass is 10.1. The zero-order valence-corrected chi connectivity index (χ0v) is 9.36. The van der Waals surface area contributed by atoms with Gasteiger partial charge in [0, 0.05) is 13.6 Å². The SMILES string of the molecule is COC(=O)c1ccc2c(c1)NC=CCN2C. The Balaban J connectivity index is 2.41. The molecule has 0 aliphatic carbocycles. The predicted octanol–water partition coefficient (Wildman–Crippen LogP) is 1.85. The maximum Gasteiger partial charge on any atom is 0.337 e. The van der Waals surface area contributed by atoms with Crippen LogP contribution >= 0.6 is 0 Å². The van der Waals surface area contributed by atoms with Crippen molar-refractivity contribution in [2.45, 2.75) is 0 Å². The average Bonchev–Trinajstić information content (AvgIpc) is 2.50. The average molecular weight is 218 g/mol. The van der Waals surface area contributed by atoms with Crippen molar-refractivity contribution in [3.8, 4) is 0 Å². The fourth-order valence-corrected chi connectivity index (χ4v) is 1.69. The molecular formula is C12H14N2O2. The third kappa shape index (κ3) is 1.86. The van der Waals surface area contributed by atoms with E-state index >= 15 is 0 Å². The van der Waals surface area contributed by atoms with Crippen LogP contribution in [0, 0.1) is 0 Å². The van der Waals surface area contributed by atoms with Gasteiger partial charge in [-0.2, -0.15) is 0 Å². The van der Waals surface area contributed by atoms with E-state index in [4.69, 9.17) is 0 Å². The zero-order valence-electron chi connectivity index (χ0n) is 9.36. The molecule has 0 unspecified atom stereocenters. The summed E-state index contributed by atoms with van der Waals surface area (Å²) in [6, 6.07) is 5.49. The molecule has 0 saturated heterocycles. The number of methoxy groups -OCH3 is 1. The monoisotopic (exact) mass is 218 g/mol. The van der Waals surface area contributed by atoms with E-state index in [2.05, 4.69) is 15.0 Å². The van der Waals surface area contributed by atoms with Gasteiger partial charge in [0.15, 0.2) is 0 Å². The number of fused-ring (bicyclic) bond motifs is 1. The van der Waals surface area contributed by atoms with Gasteiger partial charge in [0.1, 0.15) is 0 Å². The summed E-state index contributed by atoms with van der Waals surface area (Å²) in [7, 11) is 3.39. The lowest BCUT2D eigenvalue weighted by molar-refractivity contribution is 0.0601. The summed E-state index contributed by atoms with van der Waals surface area (Å²) in [6.45, 7) is 0.845. The minimum atomic E-state index is -0.319. The minimum absolute atomic E-state index is 0.319. The van der Waals surface area contributed by atoms with Crippen LogP contribution in [-0.2, 0) is 4.74 Å². The Kier molecular flexibility index (Phi) is 2.81. The topological polar surface area (TPSA) is 41.6 Å². The first-order valence-corrected chi connectivity index (χ1v) is 5.07. The summed E-state index contributed by atoms with van der Waals surface area (Å²) >= 11 is 0. The van der Waals surface area contributed by atoms with Gasteiger partial charge in [-0.3, -0.25) is 0 Å². The molecule has 0 saturated carbocycles. The summed E-state index contributed by atoms with van der Waals surface area (Å²) < 4.78 is 4.69. The van der Waals surface area contributed by atoms with E-state index in [9.17, 15) is 4.79 Å². The highest BCUT2D eigenvalue weighted by Crippen LogP contribution is 2.28. The Hall–Kier alpha value is -1.97. The molecule has 0 aromatic heterocycles. The van der Waals surface area contributed by atoms with Gasteiger partial charge in [-0.1, -0.05) is 0 Å². The molecule has 16 heavy (non-hydrogen) atoms. The van der Waals surface area contributed by atoms with E-state index in [1.165, 1.54) is 7.11 Å². The molecule has 84 valence electrons. The zero-order chi connectivity index (χ0) is 11.5. The summed E-state index contributed by atoms with van der Waals surface area (Å²) in [5.41, 5.74) is 2.54. The molecule has 1 aliphatic rings. The van der Waals surface area contributed by atoms with E-state index < -0.39 is 0 Å². The number of anilines is 2. The van der Waals surface area contributed by atoms with E-state index in [0.29, 0.717) is 5.56 Å². The molecule has 2 rings (SSSR count). The standard InChI is InChI=1S/C12H14N2O2/c1-14-7-3-6-13-10-8-9(12(15)16-2)4-5-11(10)14/h3-6,8,13H,7H2,1-2H3. The van der Waals surface area contributed by atoms with E-state index in [1.807, 2.05) is 25.4 Å². The van der Waals surface area contributed by atoms with E-state index in [0.717, 1.165) is 17.9 Å². The molecule has 1 aliphatic heterocycles. The molecule has 0 spiro atoms. The number of hydrogen-bond donors (Lipinski definition) is 1. The van der Waals surface area contributed by atoms with Crippen LogP contribution in [-0.4, -0.2) is 26.7 Å². The van der Waals surface area contributed by atoms with Crippen LogP contribution in [0.3, 0.4) is 0 Å². The Morgan fingerprint density at radius 3 is 3.06 bits per heavy atom. The van der Waals surface area contributed by atoms with E-state index in [-0.39, 0.29) is 5.97 Å². The number of likely N-dealkylation sites (N-methyl/N-ethyl adjacent to an activating group) is 1. The van der Waals surface area contributed by atoms with Gasteiger partial charge >= 0.3 is 5.97 Å². The first-order chi connectivity index (χ1) is 7.72. The van der Waals surface area contributed by atoms with Crippen molar-refractivity contribution < 1.29 is 9.53 Å². The van der Waals surface area contributed by atoms with Crippen LogP contribution in [0.5, 0.6) is 0 Å². The maximum atomic E-state index is 11.4. The van der Waals surface area contributed by atoms with Crippen LogP contribution in [0.25, 0.3) is 0 Å². The molecule has 1 N–H and O–H groups in total. The van der Waals surface area contributed by atoms with Crippen molar-refractivity contribution in [1.82, 2.24) is 0 Å². The molecule has 0 bridgehead atoms. The van der Waals surface area contributed by atoms with Gasteiger partial charge < -0.3 is 15.0 Å². The number of hydrogen-bond acceptors (Lipinski definition) is 4. The number of carbonyl (C=O) groups excluding carboxylic acids is 1. The van der Waals surface area contributed by atoms with Crippen LogP contribution in [0.1, 0.15) is 10.4 Å². The highest BCUT2D eigenvalue weighted by molar-refractivity contribution is 5.92. The fourth-order valence-electron chi connectivity index (χ4n) is 1.69. The Bertz CT molecular complexity index is 441.